The van der Waals surface area contributed by atoms with Crippen molar-refractivity contribution >= 4 is 5.91 Å². The van der Waals surface area contributed by atoms with E-state index in [2.05, 4.69) is 5.32 Å². The molecular weight excluding hydrogens is 266 g/mol. The number of rotatable bonds is 5. The van der Waals surface area contributed by atoms with Gasteiger partial charge in [-0.05, 0) is 31.2 Å². The predicted octanol–water partition coefficient (Wildman–Crippen LogP) is 2.17. The fourth-order valence-electron chi connectivity index (χ4n) is 3.15. The van der Waals surface area contributed by atoms with Gasteiger partial charge in [0.05, 0.1) is 12.1 Å². The molecule has 4 nitrogen and oxygen atoms in total. The summed E-state index contributed by atoms with van der Waals surface area (Å²) in [5.41, 5.74) is -0.0910. The Morgan fingerprint density at radius 2 is 1.90 bits per heavy atom. The Kier molecular flexibility index (Phi) is 5.37. The Hall–Kier alpha value is -1.39. The maximum absolute atomic E-state index is 12.3. The zero-order valence-corrected chi connectivity index (χ0v) is 12.6. The van der Waals surface area contributed by atoms with Crippen molar-refractivity contribution in [3.63, 3.8) is 0 Å². The normalized spacial score (nSPS) is 20.5. The lowest BCUT2D eigenvalue weighted by Crippen LogP contribution is -2.55. The largest absolute Gasteiger partial charge is 0.394 e. The molecule has 0 saturated heterocycles. The van der Waals surface area contributed by atoms with Crippen LogP contribution in [0.15, 0.2) is 30.3 Å². The van der Waals surface area contributed by atoms with E-state index in [0.717, 1.165) is 25.7 Å². The van der Waals surface area contributed by atoms with Gasteiger partial charge in [-0.25, -0.2) is 0 Å². The number of amides is 1. The topological polar surface area (TPSA) is 69.6 Å². The first-order valence-corrected chi connectivity index (χ1v) is 7.73. The van der Waals surface area contributed by atoms with Gasteiger partial charge in [0.25, 0.3) is 5.91 Å². The second kappa shape index (κ2) is 7.05. The van der Waals surface area contributed by atoms with Crippen LogP contribution in [-0.4, -0.2) is 28.3 Å². The van der Waals surface area contributed by atoms with Gasteiger partial charge in [0, 0.05) is 0 Å². The summed E-state index contributed by atoms with van der Waals surface area (Å²) >= 11 is 0. The van der Waals surface area contributed by atoms with Crippen molar-refractivity contribution in [3.05, 3.63) is 35.9 Å². The van der Waals surface area contributed by atoms with Crippen LogP contribution in [-0.2, 0) is 4.79 Å². The number of aliphatic hydroxyl groups excluding tert-OH is 2. The molecule has 1 aromatic rings. The molecule has 0 aliphatic heterocycles. The van der Waals surface area contributed by atoms with Crippen LogP contribution in [0.3, 0.4) is 0 Å². The van der Waals surface area contributed by atoms with Gasteiger partial charge >= 0.3 is 0 Å². The maximum atomic E-state index is 12.3. The molecule has 3 N–H and O–H groups in total. The van der Waals surface area contributed by atoms with Gasteiger partial charge in [-0.2, -0.15) is 0 Å². The summed E-state index contributed by atoms with van der Waals surface area (Å²) in [4.78, 5) is 12.3. The standard InChI is InChI=1S/C17H25NO3/c1-17(12-19,14-10-6-3-7-11-14)18-16(21)15(20)13-8-4-2-5-9-13/h2,4-5,8-9,14-15,19-20H,3,6-7,10-12H2,1H3,(H,18,21)/t15-,17+/m1/s1. The monoisotopic (exact) mass is 291 g/mol. The first kappa shape index (κ1) is 16.0. The molecule has 2 atom stereocenters. The van der Waals surface area contributed by atoms with Crippen molar-refractivity contribution < 1.29 is 15.0 Å². The van der Waals surface area contributed by atoms with Gasteiger partial charge < -0.3 is 15.5 Å². The third-order valence-electron chi connectivity index (χ3n) is 4.61. The second-order valence-corrected chi connectivity index (χ2v) is 6.21. The summed E-state index contributed by atoms with van der Waals surface area (Å²) in [5, 5.41) is 22.8. The molecule has 1 saturated carbocycles. The van der Waals surface area contributed by atoms with Crippen molar-refractivity contribution in [3.8, 4) is 0 Å². The van der Waals surface area contributed by atoms with E-state index in [0.29, 0.717) is 5.56 Å². The highest BCUT2D eigenvalue weighted by Crippen LogP contribution is 2.32. The van der Waals surface area contributed by atoms with Gasteiger partial charge in [0.2, 0.25) is 0 Å². The molecule has 1 fully saturated rings. The zero-order valence-electron chi connectivity index (χ0n) is 12.6. The zero-order chi connectivity index (χ0) is 15.3. The van der Waals surface area contributed by atoms with Gasteiger partial charge in [0.1, 0.15) is 0 Å². The molecule has 1 aliphatic rings. The van der Waals surface area contributed by atoms with E-state index >= 15 is 0 Å². The van der Waals surface area contributed by atoms with E-state index in [1.54, 1.807) is 24.3 Å². The Labute approximate surface area is 126 Å². The van der Waals surface area contributed by atoms with E-state index in [4.69, 9.17) is 0 Å². The third kappa shape index (κ3) is 3.83. The first-order chi connectivity index (χ1) is 10.1. The van der Waals surface area contributed by atoms with Crippen LogP contribution in [0, 0.1) is 5.92 Å². The number of benzene rings is 1. The van der Waals surface area contributed by atoms with Crippen LogP contribution in [0.5, 0.6) is 0 Å². The van der Waals surface area contributed by atoms with Gasteiger partial charge in [-0.15, -0.1) is 0 Å². The lowest BCUT2D eigenvalue weighted by molar-refractivity contribution is -0.133. The SMILES string of the molecule is C[C@@](CO)(NC(=O)[C@H](O)c1ccccc1)C1CCCCC1. The average molecular weight is 291 g/mol. The second-order valence-electron chi connectivity index (χ2n) is 6.21. The van der Waals surface area contributed by atoms with E-state index in [-0.39, 0.29) is 12.5 Å². The van der Waals surface area contributed by atoms with Crippen LogP contribution in [0.1, 0.15) is 50.7 Å². The lowest BCUT2D eigenvalue weighted by Gasteiger charge is -2.39. The van der Waals surface area contributed by atoms with Gasteiger partial charge in [0.15, 0.2) is 6.10 Å². The Bertz CT molecular complexity index is 456. The van der Waals surface area contributed by atoms with Crippen molar-refractivity contribution in [1.29, 1.82) is 0 Å². The molecule has 0 aromatic heterocycles. The molecular formula is C17H25NO3. The molecule has 0 unspecified atom stereocenters. The third-order valence-corrected chi connectivity index (χ3v) is 4.61. The van der Waals surface area contributed by atoms with Crippen LogP contribution in [0.2, 0.25) is 0 Å². The predicted molar refractivity (Wildman–Crippen MR) is 81.6 cm³/mol. The molecule has 2 rings (SSSR count). The summed E-state index contributed by atoms with van der Waals surface area (Å²) in [6, 6.07) is 8.87. The minimum absolute atomic E-state index is 0.106. The van der Waals surface area contributed by atoms with Crippen molar-refractivity contribution in [2.45, 2.75) is 50.7 Å². The van der Waals surface area contributed by atoms with Crippen molar-refractivity contribution in [2.24, 2.45) is 5.92 Å². The quantitative estimate of drug-likeness (QED) is 0.778. The van der Waals surface area contributed by atoms with E-state index < -0.39 is 17.6 Å². The molecule has 0 radical (unpaired) electrons. The molecule has 21 heavy (non-hydrogen) atoms. The Morgan fingerprint density at radius 1 is 1.29 bits per heavy atom. The average Bonchev–Trinajstić information content (AvgIpc) is 2.55. The van der Waals surface area contributed by atoms with Crippen molar-refractivity contribution in [2.75, 3.05) is 6.61 Å². The Morgan fingerprint density at radius 3 is 2.48 bits per heavy atom. The molecule has 1 aliphatic carbocycles. The number of hydrogen-bond donors (Lipinski definition) is 3. The molecule has 0 spiro atoms. The van der Waals surface area contributed by atoms with E-state index in [1.807, 2.05) is 13.0 Å². The first-order valence-electron chi connectivity index (χ1n) is 7.73. The molecule has 0 heterocycles. The Balaban J connectivity index is 2.05. The molecule has 1 aromatic carbocycles. The minimum atomic E-state index is -1.19. The highest BCUT2D eigenvalue weighted by molar-refractivity contribution is 5.82. The van der Waals surface area contributed by atoms with Crippen LogP contribution in [0.4, 0.5) is 0 Å². The summed E-state index contributed by atoms with van der Waals surface area (Å²) in [5.74, 6) is -0.175. The fourth-order valence-corrected chi connectivity index (χ4v) is 3.15. The smallest absolute Gasteiger partial charge is 0.253 e. The summed E-state index contributed by atoms with van der Waals surface area (Å²) in [7, 11) is 0. The number of nitrogens with one attached hydrogen (secondary N) is 1. The van der Waals surface area contributed by atoms with E-state index in [9.17, 15) is 15.0 Å². The van der Waals surface area contributed by atoms with Gasteiger partial charge in [-0.1, -0.05) is 49.6 Å². The van der Waals surface area contributed by atoms with Gasteiger partial charge in [-0.3, -0.25) is 4.79 Å². The van der Waals surface area contributed by atoms with Crippen molar-refractivity contribution in [1.82, 2.24) is 5.32 Å². The summed E-state index contributed by atoms with van der Waals surface area (Å²) in [6.07, 6.45) is 4.32. The highest BCUT2D eigenvalue weighted by atomic mass is 16.3. The van der Waals surface area contributed by atoms with Crippen LogP contribution < -0.4 is 5.32 Å². The maximum Gasteiger partial charge on any atom is 0.253 e. The molecule has 1 amide bonds. The number of aliphatic hydroxyl groups is 2. The molecule has 116 valence electrons. The highest BCUT2D eigenvalue weighted by Gasteiger charge is 2.37. The number of hydrogen-bond acceptors (Lipinski definition) is 3. The lowest BCUT2D eigenvalue weighted by atomic mass is 9.76. The number of carbonyl (C=O) groups excluding carboxylic acids is 1. The summed E-state index contributed by atoms with van der Waals surface area (Å²) in [6.45, 7) is 1.77. The van der Waals surface area contributed by atoms with Crippen LogP contribution in [0.25, 0.3) is 0 Å². The molecule has 0 bridgehead atoms. The number of carbonyl (C=O) groups is 1. The van der Waals surface area contributed by atoms with E-state index in [1.165, 1.54) is 6.42 Å². The van der Waals surface area contributed by atoms with Crippen LogP contribution >= 0.6 is 0 Å². The fraction of sp³-hybridized carbons (Fsp3) is 0.588. The molecule has 4 heteroatoms. The minimum Gasteiger partial charge on any atom is -0.394 e. The summed E-state index contributed by atoms with van der Waals surface area (Å²) < 4.78 is 0.